The minimum absolute atomic E-state index is 0.0749. The summed E-state index contributed by atoms with van der Waals surface area (Å²) in [6.45, 7) is 0.202. The molecule has 5 rings (SSSR count). The lowest BCUT2D eigenvalue weighted by molar-refractivity contribution is -0.0716. The number of hydrogen-bond acceptors (Lipinski definition) is 5. The van der Waals surface area contributed by atoms with Gasteiger partial charge in [-0.3, -0.25) is 9.69 Å². The minimum Gasteiger partial charge on any atom is -0.393 e. The molecule has 2 heterocycles. The van der Waals surface area contributed by atoms with Gasteiger partial charge >= 0.3 is 0 Å². The van der Waals surface area contributed by atoms with E-state index in [0.29, 0.717) is 29.0 Å². The van der Waals surface area contributed by atoms with Crippen LogP contribution < -0.4 is 4.90 Å². The molecule has 33 heavy (non-hydrogen) atoms. The number of halogens is 2. The van der Waals surface area contributed by atoms with E-state index in [-0.39, 0.29) is 35.6 Å². The monoisotopic (exact) mass is 463 g/mol. The molecule has 1 unspecified atom stereocenters. The predicted octanol–water partition coefficient (Wildman–Crippen LogP) is 4.39. The van der Waals surface area contributed by atoms with Gasteiger partial charge in [-0.15, -0.1) is 0 Å². The molecule has 2 aliphatic rings. The van der Waals surface area contributed by atoms with Gasteiger partial charge in [0.05, 0.1) is 29.4 Å². The van der Waals surface area contributed by atoms with E-state index < -0.39 is 17.4 Å². The van der Waals surface area contributed by atoms with Crippen molar-refractivity contribution < 1.29 is 19.0 Å². The number of aromatic nitrogens is 1. The van der Waals surface area contributed by atoms with Crippen molar-refractivity contribution in [1.82, 2.24) is 4.98 Å². The lowest BCUT2D eigenvalue weighted by atomic mass is 9.83. The highest BCUT2D eigenvalue weighted by molar-refractivity contribution is 6.30. The lowest BCUT2D eigenvalue weighted by Crippen LogP contribution is -2.49. The lowest BCUT2D eigenvalue weighted by Gasteiger charge is -2.41. The van der Waals surface area contributed by atoms with Gasteiger partial charge in [-0.1, -0.05) is 29.8 Å². The Labute approximate surface area is 194 Å². The SMILES string of the molecule is N#Cc1ccc(N2C(=O)c3cccc(F)c3C2(OCC2CC(O)C2)c2ccc(Cl)cc2)nc1. The number of carbonyl (C=O) groups is 1. The van der Waals surface area contributed by atoms with Crippen LogP contribution in [0.5, 0.6) is 0 Å². The van der Waals surface area contributed by atoms with Crippen molar-refractivity contribution in [3.8, 4) is 6.07 Å². The fraction of sp³-hybridized carbons (Fsp3) is 0.240. The molecule has 0 radical (unpaired) electrons. The Morgan fingerprint density at radius 3 is 2.61 bits per heavy atom. The fourth-order valence-electron chi connectivity index (χ4n) is 4.52. The molecule has 1 N–H and O–H groups in total. The van der Waals surface area contributed by atoms with Gasteiger partial charge in [0, 0.05) is 16.8 Å². The molecule has 3 aromatic rings. The molecule has 2 aromatic carbocycles. The van der Waals surface area contributed by atoms with Crippen LogP contribution in [0.3, 0.4) is 0 Å². The van der Waals surface area contributed by atoms with Gasteiger partial charge < -0.3 is 9.84 Å². The summed E-state index contributed by atoms with van der Waals surface area (Å²) in [4.78, 5) is 19.3. The van der Waals surface area contributed by atoms with Gasteiger partial charge in [-0.2, -0.15) is 5.26 Å². The molecule has 1 aliphatic heterocycles. The zero-order chi connectivity index (χ0) is 23.2. The van der Waals surface area contributed by atoms with Crippen LogP contribution >= 0.6 is 11.6 Å². The summed E-state index contributed by atoms with van der Waals surface area (Å²) in [5, 5.41) is 19.4. The van der Waals surface area contributed by atoms with Crippen LogP contribution in [0.2, 0.25) is 5.02 Å². The van der Waals surface area contributed by atoms with Crippen LogP contribution in [-0.2, 0) is 10.5 Å². The molecule has 6 nitrogen and oxygen atoms in total. The molecular formula is C25H19ClFN3O3. The molecule has 0 saturated heterocycles. The van der Waals surface area contributed by atoms with Crippen molar-refractivity contribution in [2.45, 2.75) is 24.7 Å². The Hall–Kier alpha value is -3.31. The van der Waals surface area contributed by atoms with Gasteiger partial charge in [0.15, 0.2) is 0 Å². The second kappa shape index (κ2) is 8.23. The molecule has 1 saturated carbocycles. The van der Waals surface area contributed by atoms with E-state index >= 15 is 4.39 Å². The first-order valence-corrected chi connectivity index (χ1v) is 10.9. The number of fused-ring (bicyclic) bond motifs is 1. The number of aliphatic hydroxyl groups excluding tert-OH is 1. The highest BCUT2D eigenvalue weighted by Gasteiger charge is 2.55. The van der Waals surface area contributed by atoms with Crippen molar-refractivity contribution in [2.75, 3.05) is 11.5 Å². The van der Waals surface area contributed by atoms with Crippen molar-refractivity contribution in [1.29, 1.82) is 5.26 Å². The maximum atomic E-state index is 15.4. The van der Waals surface area contributed by atoms with Crippen LogP contribution in [-0.4, -0.2) is 28.7 Å². The highest BCUT2D eigenvalue weighted by Crippen LogP contribution is 2.49. The minimum atomic E-state index is -1.63. The van der Waals surface area contributed by atoms with Crippen molar-refractivity contribution in [2.24, 2.45) is 5.92 Å². The quantitative estimate of drug-likeness (QED) is 0.606. The Morgan fingerprint density at radius 2 is 1.97 bits per heavy atom. The van der Waals surface area contributed by atoms with Crippen LogP contribution in [0.25, 0.3) is 0 Å². The van der Waals surface area contributed by atoms with E-state index in [9.17, 15) is 9.90 Å². The first kappa shape index (κ1) is 21.5. The Balaban J connectivity index is 1.73. The second-order valence-electron chi connectivity index (χ2n) is 8.27. The standard InChI is InChI=1S/C25H19ClFN3O3/c26-18-7-5-17(6-8-18)25(33-14-16-10-19(31)11-16)23-20(2-1-3-21(23)27)24(32)30(25)22-9-4-15(12-28)13-29-22/h1-9,13,16,19,31H,10-11,14H2. The molecule has 0 bridgehead atoms. The second-order valence-corrected chi connectivity index (χ2v) is 8.71. The number of amides is 1. The van der Waals surface area contributed by atoms with Gasteiger partial charge in [0.25, 0.3) is 5.91 Å². The summed E-state index contributed by atoms with van der Waals surface area (Å²) >= 11 is 6.12. The number of ether oxygens (including phenoxy) is 1. The van der Waals surface area contributed by atoms with Crippen molar-refractivity contribution in [3.05, 3.63) is 93.9 Å². The van der Waals surface area contributed by atoms with Crippen LogP contribution in [0.15, 0.2) is 60.8 Å². The topological polar surface area (TPSA) is 86.5 Å². The molecule has 8 heteroatoms. The number of pyridine rings is 1. The normalized spacial score (nSPS) is 23.7. The molecule has 1 aliphatic carbocycles. The van der Waals surface area contributed by atoms with Gasteiger partial charge in [-0.25, -0.2) is 9.37 Å². The first-order chi connectivity index (χ1) is 15.9. The average molecular weight is 464 g/mol. The van der Waals surface area contributed by atoms with Crippen molar-refractivity contribution in [3.63, 3.8) is 0 Å². The number of hydrogen-bond donors (Lipinski definition) is 1. The van der Waals surface area contributed by atoms with E-state index in [1.165, 1.54) is 23.2 Å². The molecule has 1 amide bonds. The number of carbonyl (C=O) groups excluding carboxylic acids is 1. The Kier molecular flexibility index (Phi) is 5.37. The number of aliphatic hydroxyl groups is 1. The largest absolute Gasteiger partial charge is 0.393 e. The third-order valence-corrected chi connectivity index (χ3v) is 6.43. The van der Waals surface area contributed by atoms with Crippen LogP contribution in [0.4, 0.5) is 10.2 Å². The fourth-order valence-corrected chi connectivity index (χ4v) is 4.64. The Bertz CT molecular complexity index is 1250. The number of rotatable bonds is 5. The number of nitriles is 1. The van der Waals surface area contributed by atoms with Crippen LogP contribution in [0.1, 0.15) is 39.9 Å². The third kappa shape index (κ3) is 3.47. The smallest absolute Gasteiger partial charge is 0.262 e. The number of benzene rings is 2. The Morgan fingerprint density at radius 1 is 1.21 bits per heavy atom. The van der Waals surface area contributed by atoms with Crippen molar-refractivity contribution >= 4 is 23.3 Å². The summed E-state index contributed by atoms with van der Waals surface area (Å²) in [5.74, 6) is -0.755. The van der Waals surface area contributed by atoms with Gasteiger partial charge in [0.1, 0.15) is 17.7 Å². The molecule has 0 spiro atoms. The van der Waals surface area contributed by atoms with E-state index in [1.54, 1.807) is 42.5 Å². The first-order valence-electron chi connectivity index (χ1n) is 10.5. The molecule has 166 valence electrons. The predicted molar refractivity (Wildman–Crippen MR) is 119 cm³/mol. The van der Waals surface area contributed by atoms with E-state index in [0.717, 1.165) is 0 Å². The summed E-state index contributed by atoms with van der Waals surface area (Å²) in [7, 11) is 0. The van der Waals surface area contributed by atoms with Gasteiger partial charge in [-0.05, 0) is 55.2 Å². The maximum absolute atomic E-state index is 15.4. The summed E-state index contributed by atoms with van der Waals surface area (Å²) in [5.41, 5.74) is -0.525. The van der Waals surface area contributed by atoms with E-state index in [1.807, 2.05) is 6.07 Å². The van der Waals surface area contributed by atoms with E-state index in [2.05, 4.69) is 4.98 Å². The number of anilines is 1. The summed E-state index contributed by atoms with van der Waals surface area (Å²) in [6.07, 6.45) is 2.13. The molecule has 1 atom stereocenters. The zero-order valence-corrected chi connectivity index (χ0v) is 18.2. The highest BCUT2D eigenvalue weighted by atomic mass is 35.5. The molecule has 1 fully saturated rings. The maximum Gasteiger partial charge on any atom is 0.262 e. The summed E-state index contributed by atoms with van der Waals surface area (Å²) < 4.78 is 21.9. The average Bonchev–Trinajstić information content (AvgIpc) is 3.06. The third-order valence-electron chi connectivity index (χ3n) is 6.18. The van der Waals surface area contributed by atoms with Gasteiger partial charge in [0.2, 0.25) is 5.72 Å². The zero-order valence-electron chi connectivity index (χ0n) is 17.4. The van der Waals surface area contributed by atoms with Crippen LogP contribution in [0, 0.1) is 23.1 Å². The summed E-state index contributed by atoms with van der Waals surface area (Å²) in [6, 6.07) is 16.1. The van der Waals surface area contributed by atoms with E-state index in [4.69, 9.17) is 21.6 Å². The molecule has 1 aromatic heterocycles. The molecular weight excluding hydrogens is 445 g/mol. The number of nitrogens with zero attached hydrogens (tertiary/aromatic N) is 3.